The van der Waals surface area contributed by atoms with Crippen LogP contribution in [0.15, 0.2) is 109 Å². The van der Waals surface area contributed by atoms with Crippen molar-refractivity contribution >= 4 is 22.1 Å². The van der Waals surface area contributed by atoms with Crippen molar-refractivity contribution in [3.05, 3.63) is 166 Å². The van der Waals surface area contributed by atoms with Gasteiger partial charge in [-0.05, 0) is 19.3 Å². The molecule has 10 heterocycles. The number of aliphatic hydroxyl groups is 3. The molecule has 5 aliphatic rings. The number of nitrogens with one attached hydrogen (secondary N) is 5. The first-order valence-corrected chi connectivity index (χ1v) is 31.3. The van der Waals surface area contributed by atoms with Crippen molar-refractivity contribution in [1.82, 2.24) is 47.8 Å². The van der Waals surface area contributed by atoms with Gasteiger partial charge in [0.2, 0.25) is 0 Å². The van der Waals surface area contributed by atoms with Gasteiger partial charge >= 0.3 is 56.0 Å². The summed E-state index contributed by atoms with van der Waals surface area (Å²) in [4.78, 5) is 145. The lowest BCUT2D eigenvalue weighted by atomic mass is 9.99. The Labute approximate surface area is 553 Å². The van der Waals surface area contributed by atoms with Crippen molar-refractivity contribution in [3.63, 3.8) is 0 Å². The lowest BCUT2D eigenvalue weighted by molar-refractivity contribution is -0.156. The molecule has 20 atom stereocenters. The van der Waals surface area contributed by atoms with Gasteiger partial charge in [-0.3, -0.25) is 85.5 Å². The van der Waals surface area contributed by atoms with E-state index < -0.39 is 189 Å². The fraction of sp³-hybridized carbons (Fsp3) is 0.614. The fourth-order valence-corrected chi connectivity index (χ4v) is 11.4. The third-order valence-electron chi connectivity index (χ3n) is 16.0. The van der Waals surface area contributed by atoms with Gasteiger partial charge in [0.25, 0.3) is 27.8 Å². The number of halogens is 6. The summed E-state index contributed by atoms with van der Waals surface area (Å²) in [6, 6.07) is 5.45. The second-order valence-electron chi connectivity index (χ2n) is 22.5. The highest BCUT2D eigenvalue weighted by Crippen LogP contribution is 2.41. The average Bonchev–Trinajstić information content (AvgIpc) is 1.69. The van der Waals surface area contributed by atoms with Gasteiger partial charge in [-0.25, -0.2) is 37.1 Å². The number of carbonyl (C=O) groups is 2. The van der Waals surface area contributed by atoms with Crippen LogP contribution in [0.3, 0.4) is 0 Å². The van der Waals surface area contributed by atoms with E-state index >= 15 is 0 Å². The number of hydrogen-bond acceptors (Lipinski definition) is 25. The third kappa shape index (κ3) is 19.5. The average molecular weight is 1450 g/mol. The number of ether oxygens (including phenoxy) is 7. The molecule has 42 heteroatoms. The molecule has 0 spiro atoms. The minimum Gasteiger partial charge on any atom is -0.463 e. The minimum absolute atomic E-state index is 0. The summed E-state index contributed by atoms with van der Waals surface area (Å²) < 4.78 is 148. The number of esters is 2. The van der Waals surface area contributed by atoms with E-state index in [2.05, 4.69) is 14.2 Å². The predicted molar refractivity (Wildman–Crippen MR) is 327 cm³/mol. The molecule has 10 rings (SSSR count). The van der Waals surface area contributed by atoms with Crippen LogP contribution in [0.5, 0.6) is 0 Å². The van der Waals surface area contributed by atoms with E-state index in [0.717, 1.165) is 75.3 Å². The molecule has 5 saturated heterocycles. The van der Waals surface area contributed by atoms with E-state index in [1.807, 2.05) is 35.7 Å². The fourth-order valence-electron chi connectivity index (χ4n) is 10.8. The third-order valence-corrected chi connectivity index (χ3v) is 17.0. The van der Waals surface area contributed by atoms with Gasteiger partial charge in [0.1, 0.15) is 37.1 Å². The summed E-state index contributed by atoms with van der Waals surface area (Å²) in [5, 5.41) is 28.3. The Morgan fingerprint density at radius 2 is 0.818 bits per heavy atom. The van der Waals surface area contributed by atoms with E-state index in [9.17, 15) is 103 Å². The van der Waals surface area contributed by atoms with Crippen LogP contribution in [-0.4, -0.2) is 176 Å². The van der Waals surface area contributed by atoms with Crippen molar-refractivity contribution in [1.29, 1.82) is 0 Å². The van der Waals surface area contributed by atoms with Crippen molar-refractivity contribution < 1.29 is 97.0 Å². The number of alkyl halides is 6. The number of aromatic nitrogens is 10. The van der Waals surface area contributed by atoms with Crippen LogP contribution < -0.4 is 56.2 Å². The molecule has 99 heavy (non-hydrogen) atoms. The molecule has 35 nitrogen and oxygen atoms in total. The summed E-state index contributed by atoms with van der Waals surface area (Å²) in [5.74, 6) is -2.40. The summed E-state index contributed by atoms with van der Waals surface area (Å²) in [7, 11) is -5.87. The van der Waals surface area contributed by atoms with Crippen LogP contribution in [0.25, 0.3) is 0 Å². The molecule has 0 saturated carbocycles. The van der Waals surface area contributed by atoms with E-state index in [-0.39, 0.29) is 38.1 Å². The number of hydrogen-bond donors (Lipinski definition) is 8. The van der Waals surface area contributed by atoms with Crippen LogP contribution in [0.1, 0.15) is 113 Å². The Hall–Kier alpha value is -8.49. The summed E-state index contributed by atoms with van der Waals surface area (Å²) in [5.41, 5.74) is -12.4. The standard InChI is InChI=1S/C13H15FN2O7.C12H15F3N2O6S.C11H15FN2O3.C11H16N2O4.C9H11FN2O5.CH4/c1-6(17)21-5-8-11(22-7(2)18)10(14)12(23-8)16-4-3-9(19)15-13(16)20;1-3-7-6(2)9(23-24(20,21)12(13,14)15)10(22-7)17-5-4-8(18)16-11(17)19;1-3-7-6(2)9(12)10(17-7)14-5-4-8(15)13-11(14)16;1-3-7-6(2)9(15)10(17-7)13-5-4-8(14)12-11(13)16;10-6-7(15)4(3-13)17-8(6)12-2-1-5(14)11-9(12)16;/h3-4,8,10-12H,5H2,1-2H3,(H,15,19,20);4-7,9-10H,3H2,1-2H3,(H,16,18,19);4-7,9-10H,3H2,1-2H3,(H,13,15,16);4-7,9-10,15H,3H2,1-2H3,(H,12,14,16);1-2,4,6-8,13,15H,3H2,(H,11,14,16);1H4. The monoisotopic (exact) mass is 1450 g/mol. The Morgan fingerprint density at radius 1 is 0.485 bits per heavy atom. The molecule has 0 aliphatic carbocycles. The summed E-state index contributed by atoms with van der Waals surface area (Å²) in [6.07, 6.45) is -11.5. The lowest BCUT2D eigenvalue weighted by Gasteiger charge is -2.22. The van der Waals surface area contributed by atoms with Gasteiger partial charge in [0.15, 0.2) is 55.8 Å². The number of aliphatic hydroxyl groups excluding tert-OH is 3. The Morgan fingerprint density at radius 3 is 1.16 bits per heavy atom. The maximum atomic E-state index is 14.6. The Bertz CT molecular complexity index is 4080. The van der Waals surface area contributed by atoms with E-state index in [1.165, 1.54) is 36.0 Å². The zero-order valence-electron chi connectivity index (χ0n) is 53.1. The van der Waals surface area contributed by atoms with Crippen molar-refractivity contribution in [2.24, 2.45) is 17.8 Å². The first-order valence-electron chi connectivity index (χ1n) is 29.9. The molecule has 5 fully saturated rings. The Balaban J connectivity index is 0.000000224. The van der Waals surface area contributed by atoms with Gasteiger partial charge < -0.3 is 48.5 Å². The molecule has 8 N–H and O–H groups in total. The highest BCUT2D eigenvalue weighted by molar-refractivity contribution is 7.87. The van der Waals surface area contributed by atoms with Crippen LogP contribution in [-0.2, 0) is 57.0 Å². The normalized spacial score (nSPS) is 30.0. The molecule has 5 aliphatic heterocycles. The molecule has 0 amide bonds. The number of H-pyrrole nitrogens is 5. The molecule has 0 aromatic carbocycles. The lowest BCUT2D eigenvalue weighted by Crippen LogP contribution is -2.40. The van der Waals surface area contributed by atoms with Crippen LogP contribution in [0.2, 0.25) is 0 Å². The van der Waals surface area contributed by atoms with Crippen LogP contribution >= 0.6 is 0 Å². The maximum Gasteiger partial charge on any atom is 0.523 e. The number of nitrogens with zero attached hydrogens (tertiary/aromatic N) is 5. The van der Waals surface area contributed by atoms with Gasteiger partial charge in [0.05, 0.1) is 24.9 Å². The second kappa shape index (κ2) is 34.5. The molecule has 5 aromatic rings. The quantitative estimate of drug-likeness (QED) is 0.0298. The highest BCUT2D eigenvalue weighted by atomic mass is 32.2. The molecular weight excluding hydrogens is 1370 g/mol. The SMILES string of the molecule is C.CC(=O)OCC1OC(n2ccc(=O)[nH]c2=O)C(F)C1OC(C)=O.CCC1OC(n2ccc(=O)[nH]c2=O)C(F)C1C.CCC1OC(n2ccc(=O)[nH]c2=O)C(O)C1C.CCC1OC(n2ccc(=O)[nH]c2=O)C(OS(=O)(=O)C(F)(F)F)C1C.O=c1ccn(C2OC(CO)C(O)C2F)c(=O)[nH]1. The van der Waals surface area contributed by atoms with E-state index in [1.54, 1.807) is 13.8 Å². The van der Waals surface area contributed by atoms with Crippen LogP contribution in [0.4, 0.5) is 26.3 Å². The number of carbonyl (C=O) groups excluding carboxylic acids is 2. The smallest absolute Gasteiger partial charge is 0.463 e. The number of aromatic amines is 5. The molecule has 0 radical (unpaired) electrons. The van der Waals surface area contributed by atoms with Crippen molar-refractivity contribution in [2.45, 2.75) is 192 Å². The second-order valence-corrected chi connectivity index (χ2v) is 24.1. The highest BCUT2D eigenvalue weighted by Gasteiger charge is 2.54. The van der Waals surface area contributed by atoms with Gasteiger partial charge in [-0.2, -0.15) is 21.6 Å². The molecular formula is C57H76F6N10O25S. The van der Waals surface area contributed by atoms with E-state index in [0.29, 0.717) is 12.8 Å². The maximum absolute atomic E-state index is 14.6. The molecule has 20 unspecified atom stereocenters. The zero-order chi connectivity index (χ0) is 73.2. The largest absolute Gasteiger partial charge is 0.523 e. The predicted octanol–water partition coefficient (Wildman–Crippen LogP) is -0.598. The molecule has 5 aromatic heterocycles. The van der Waals surface area contributed by atoms with Gasteiger partial charge in [0, 0.05) is 92.9 Å². The first-order chi connectivity index (χ1) is 45.9. The van der Waals surface area contributed by atoms with Crippen LogP contribution in [0, 0.1) is 17.8 Å². The zero-order valence-corrected chi connectivity index (χ0v) is 53.9. The molecule has 0 bridgehead atoms. The van der Waals surface area contributed by atoms with Crippen molar-refractivity contribution in [3.8, 4) is 0 Å². The van der Waals surface area contributed by atoms with Gasteiger partial charge in [-0.1, -0.05) is 49.0 Å². The summed E-state index contributed by atoms with van der Waals surface area (Å²) in [6.45, 7) is 12.0. The molecule has 552 valence electrons. The minimum atomic E-state index is -5.87. The first kappa shape index (κ1) is 81.2. The summed E-state index contributed by atoms with van der Waals surface area (Å²) >= 11 is 0. The van der Waals surface area contributed by atoms with Crippen molar-refractivity contribution in [2.75, 3.05) is 13.2 Å². The van der Waals surface area contributed by atoms with E-state index in [4.69, 9.17) is 38.3 Å². The topological polar surface area (TPSA) is 477 Å². The Kier molecular flexibility index (Phi) is 28.3. The van der Waals surface area contributed by atoms with Gasteiger partial charge in [-0.15, -0.1) is 0 Å². The number of rotatable bonds is 14.